The minimum Gasteiger partial charge on any atom is -0.497 e. The topological polar surface area (TPSA) is 56.2 Å². The zero-order valence-corrected chi connectivity index (χ0v) is 16.6. The molecule has 4 aromatic rings. The van der Waals surface area contributed by atoms with Crippen LogP contribution in [0.5, 0.6) is 5.75 Å². The van der Waals surface area contributed by atoms with Crippen molar-refractivity contribution in [1.29, 1.82) is 0 Å². The van der Waals surface area contributed by atoms with Crippen molar-refractivity contribution in [3.8, 4) is 5.75 Å². The quantitative estimate of drug-likeness (QED) is 0.528. The SMILES string of the molecule is COc1ccc(Cc2nc3ccccc3n2CC(=O)Nc2ccc(C)cc2)cc1. The lowest BCUT2D eigenvalue weighted by atomic mass is 10.1. The Morgan fingerprint density at radius 3 is 2.45 bits per heavy atom. The molecule has 0 aliphatic heterocycles. The smallest absolute Gasteiger partial charge is 0.244 e. The predicted molar refractivity (Wildman–Crippen MR) is 115 cm³/mol. The van der Waals surface area contributed by atoms with Crippen molar-refractivity contribution < 1.29 is 9.53 Å². The van der Waals surface area contributed by atoms with Gasteiger partial charge in [0.05, 0.1) is 18.1 Å². The van der Waals surface area contributed by atoms with Gasteiger partial charge in [-0.1, -0.05) is 42.0 Å². The Morgan fingerprint density at radius 2 is 1.72 bits per heavy atom. The fraction of sp³-hybridized carbons (Fsp3) is 0.167. The zero-order valence-electron chi connectivity index (χ0n) is 16.6. The number of nitrogens with zero attached hydrogens (tertiary/aromatic N) is 2. The van der Waals surface area contributed by atoms with Crippen molar-refractivity contribution in [2.75, 3.05) is 12.4 Å². The number of hydrogen-bond acceptors (Lipinski definition) is 3. The Bertz CT molecular complexity index is 1130. The summed E-state index contributed by atoms with van der Waals surface area (Å²) in [7, 11) is 1.65. The third-order valence-electron chi connectivity index (χ3n) is 4.89. The lowest BCUT2D eigenvalue weighted by molar-refractivity contribution is -0.116. The van der Waals surface area contributed by atoms with Gasteiger partial charge in [0.25, 0.3) is 0 Å². The molecule has 5 nitrogen and oxygen atoms in total. The molecule has 29 heavy (non-hydrogen) atoms. The molecule has 1 N–H and O–H groups in total. The number of imidazole rings is 1. The van der Waals surface area contributed by atoms with E-state index >= 15 is 0 Å². The van der Waals surface area contributed by atoms with E-state index in [9.17, 15) is 4.79 Å². The maximum absolute atomic E-state index is 12.7. The van der Waals surface area contributed by atoms with Gasteiger partial charge < -0.3 is 14.6 Å². The molecule has 4 rings (SSSR count). The number of rotatable bonds is 6. The number of aromatic nitrogens is 2. The van der Waals surface area contributed by atoms with Crippen LogP contribution >= 0.6 is 0 Å². The van der Waals surface area contributed by atoms with Crippen LogP contribution in [0.15, 0.2) is 72.8 Å². The number of methoxy groups -OCH3 is 1. The summed E-state index contributed by atoms with van der Waals surface area (Å²) in [5.74, 6) is 1.60. The molecule has 3 aromatic carbocycles. The van der Waals surface area contributed by atoms with Crippen LogP contribution < -0.4 is 10.1 Å². The van der Waals surface area contributed by atoms with Crippen molar-refractivity contribution in [3.63, 3.8) is 0 Å². The first-order valence-electron chi connectivity index (χ1n) is 9.56. The van der Waals surface area contributed by atoms with Gasteiger partial charge >= 0.3 is 0 Å². The third-order valence-corrected chi connectivity index (χ3v) is 4.89. The highest BCUT2D eigenvalue weighted by atomic mass is 16.5. The van der Waals surface area contributed by atoms with E-state index in [1.807, 2.05) is 84.3 Å². The third kappa shape index (κ3) is 4.29. The summed E-state index contributed by atoms with van der Waals surface area (Å²) in [6.45, 7) is 2.23. The van der Waals surface area contributed by atoms with Gasteiger partial charge in [0.1, 0.15) is 18.1 Å². The minimum atomic E-state index is -0.0759. The van der Waals surface area contributed by atoms with Gasteiger partial charge in [-0.05, 0) is 48.9 Å². The van der Waals surface area contributed by atoms with Gasteiger partial charge in [0, 0.05) is 12.1 Å². The molecule has 0 aliphatic rings. The summed E-state index contributed by atoms with van der Waals surface area (Å²) in [5, 5.41) is 2.97. The van der Waals surface area contributed by atoms with E-state index in [0.717, 1.165) is 39.4 Å². The van der Waals surface area contributed by atoms with Crippen molar-refractivity contribution in [1.82, 2.24) is 9.55 Å². The molecule has 1 amide bonds. The van der Waals surface area contributed by atoms with E-state index in [1.165, 1.54) is 0 Å². The first-order chi connectivity index (χ1) is 14.1. The number of anilines is 1. The number of nitrogens with one attached hydrogen (secondary N) is 1. The highest BCUT2D eigenvalue weighted by Gasteiger charge is 2.14. The Balaban J connectivity index is 1.60. The first-order valence-corrected chi connectivity index (χ1v) is 9.56. The predicted octanol–water partition coefficient (Wildman–Crippen LogP) is 4.58. The van der Waals surface area contributed by atoms with Gasteiger partial charge in [-0.3, -0.25) is 4.79 Å². The van der Waals surface area contributed by atoms with Crippen molar-refractivity contribution >= 4 is 22.6 Å². The number of carbonyl (C=O) groups excluding carboxylic acids is 1. The van der Waals surface area contributed by atoms with Crippen LogP contribution in [0.3, 0.4) is 0 Å². The van der Waals surface area contributed by atoms with E-state index in [2.05, 4.69) is 5.32 Å². The molecule has 0 atom stereocenters. The van der Waals surface area contributed by atoms with Crippen molar-refractivity contribution in [2.45, 2.75) is 19.9 Å². The van der Waals surface area contributed by atoms with Gasteiger partial charge in [-0.2, -0.15) is 0 Å². The normalized spacial score (nSPS) is 10.8. The molecule has 5 heteroatoms. The van der Waals surface area contributed by atoms with Crippen LogP contribution in [0.4, 0.5) is 5.69 Å². The summed E-state index contributed by atoms with van der Waals surface area (Å²) in [4.78, 5) is 17.5. The van der Waals surface area contributed by atoms with E-state index in [1.54, 1.807) is 7.11 Å². The van der Waals surface area contributed by atoms with E-state index in [0.29, 0.717) is 6.42 Å². The zero-order chi connectivity index (χ0) is 20.2. The van der Waals surface area contributed by atoms with Crippen LogP contribution in [0, 0.1) is 6.92 Å². The summed E-state index contributed by atoms with van der Waals surface area (Å²) < 4.78 is 7.22. The average Bonchev–Trinajstić information content (AvgIpc) is 3.07. The molecular weight excluding hydrogens is 362 g/mol. The average molecular weight is 385 g/mol. The van der Waals surface area contributed by atoms with Crippen molar-refractivity contribution in [2.24, 2.45) is 0 Å². The van der Waals surface area contributed by atoms with Gasteiger partial charge in [-0.15, -0.1) is 0 Å². The second kappa shape index (κ2) is 8.19. The molecule has 1 aromatic heterocycles. The van der Waals surface area contributed by atoms with Crippen LogP contribution in [0.25, 0.3) is 11.0 Å². The van der Waals surface area contributed by atoms with Crippen LogP contribution in [0.1, 0.15) is 17.0 Å². The number of carbonyl (C=O) groups is 1. The highest BCUT2D eigenvalue weighted by molar-refractivity contribution is 5.91. The van der Waals surface area contributed by atoms with E-state index < -0.39 is 0 Å². The van der Waals surface area contributed by atoms with E-state index in [4.69, 9.17) is 9.72 Å². The Morgan fingerprint density at radius 1 is 1.00 bits per heavy atom. The van der Waals surface area contributed by atoms with E-state index in [-0.39, 0.29) is 12.5 Å². The minimum absolute atomic E-state index is 0.0759. The molecular formula is C24H23N3O2. The molecule has 1 heterocycles. The molecule has 0 saturated heterocycles. The second-order valence-electron chi connectivity index (χ2n) is 7.04. The van der Waals surface area contributed by atoms with Crippen LogP contribution in [-0.2, 0) is 17.8 Å². The molecule has 0 unspecified atom stereocenters. The van der Waals surface area contributed by atoms with Gasteiger partial charge in [0.2, 0.25) is 5.91 Å². The van der Waals surface area contributed by atoms with Crippen LogP contribution in [0.2, 0.25) is 0 Å². The number of fused-ring (bicyclic) bond motifs is 1. The number of amides is 1. The largest absolute Gasteiger partial charge is 0.497 e. The fourth-order valence-electron chi connectivity index (χ4n) is 3.34. The first kappa shape index (κ1) is 18.7. The molecule has 0 fully saturated rings. The number of benzene rings is 3. The summed E-state index contributed by atoms with van der Waals surface area (Å²) in [5.41, 5.74) is 4.91. The molecule has 0 bridgehead atoms. The number of aryl methyl sites for hydroxylation is 1. The summed E-state index contributed by atoms with van der Waals surface area (Å²) >= 11 is 0. The lowest BCUT2D eigenvalue weighted by Crippen LogP contribution is -2.20. The second-order valence-corrected chi connectivity index (χ2v) is 7.04. The van der Waals surface area contributed by atoms with Crippen LogP contribution in [-0.4, -0.2) is 22.6 Å². The Hall–Kier alpha value is -3.60. The molecule has 146 valence electrons. The number of ether oxygens (including phenoxy) is 1. The Kier molecular flexibility index (Phi) is 5.29. The number of hydrogen-bond donors (Lipinski definition) is 1. The van der Waals surface area contributed by atoms with Gasteiger partial charge in [0.15, 0.2) is 0 Å². The van der Waals surface area contributed by atoms with Crippen molar-refractivity contribution in [3.05, 3.63) is 89.7 Å². The molecule has 0 radical (unpaired) electrons. The maximum atomic E-state index is 12.7. The lowest BCUT2D eigenvalue weighted by Gasteiger charge is -2.11. The molecule has 0 saturated carbocycles. The summed E-state index contributed by atoms with van der Waals surface area (Å²) in [6, 6.07) is 23.6. The van der Waals surface area contributed by atoms with Gasteiger partial charge in [-0.25, -0.2) is 4.98 Å². The molecule has 0 aliphatic carbocycles. The standard InChI is InChI=1S/C24H23N3O2/c1-17-7-11-19(12-8-17)25-24(28)16-27-22-6-4-3-5-21(22)26-23(27)15-18-9-13-20(29-2)14-10-18/h3-14H,15-16H2,1-2H3,(H,25,28). The highest BCUT2D eigenvalue weighted by Crippen LogP contribution is 2.20. The Labute approximate surface area is 170 Å². The fourth-order valence-corrected chi connectivity index (χ4v) is 3.34. The maximum Gasteiger partial charge on any atom is 0.244 e. The monoisotopic (exact) mass is 385 g/mol. The number of para-hydroxylation sites is 2. The summed E-state index contributed by atoms with van der Waals surface area (Å²) in [6.07, 6.45) is 0.635. The molecule has 0 spiro atoms.